The van der Waals surface area contributed by atoms with Gasteiger partial charge < -0.3 is 10.8 Å². The second kappa shape index (κ2) is 9.84. The molecule has 1 aromatic carbocycles. The number of aromatic nitrogens is 1. The lowest BCUT2D eigenvalue weighted by Gasteiger charge is -2.26. The van der Waals surface area contributed by atoms with E-state index in [0.29, 0.717) is 12.5 Å². The van der Waals surface area contributed by atoms with Crippen LogP contribution in [-0.4, -0.2) is 23.2 Å². The Morgan fingerprint density at radius 3 is 2.88 bits per heavy atom. The molecule has 1 heterocycles. The van der Waals surface area contributed by atoms with Gasteiger partial charge in [-0.2, -0.15) is 0 Å². The molecular formula is C23H32N2O. The van der Waals surface area contributed by atoms with Crippen molar-refractivity contribution in [1.29, 1.82) is 0 Å². The number of aliphatic hydroxyl groups excluding tert-OH is 1. The van der Waals surface area contributed by atoms with Crippen LogP contribution in [0.15, 0.2) is 42.7 Å². The van der Waals surface area contributed by atoms with Gasteiger partial charge in [0, 0.05) is 19.0 Å². The average molecular weight is 353 g/mol. The number of fused-ring (bicyclic) bond motifs is 1. The number of nitrogens with two attached hydrogens (primary N) is 1. The van der Waals surface area contributed by atoms with E-state index in [1.54, 1.807) is 0 Å². The number of hydrogen-bond acceptors (Lipinski definition) is 3. The highest BCUT2D eigenvalue weighted by Gasteiger charge is 2.20. The first-order valence-corrected chi connectivity index (χ1v) is 10.1. The molecule has 140 valence electrons. The number of nitrogens with zero attached hydrogens (tertiary/aromatic N) is 1. The molecule has 2 aromatic rings. The van der Waals surface area contributed by atoms with Crippen LogP contribution in [0.2, 0.25) is 0 Å². The van der Waals surface area contributed by atoms with Crippen LogP contribution in [0.5, 0.6) is 0 Å². The minimum absolute atomic E-state index is 0.280. The van der Waals surface area contributed by atoms with Gasteiger partial charge in [-0.3, -0.25) is 4.98 Å². The van der Waals surface area contributed by atoms with Crippen molar-refractivity contribution in [2.75, 3.05) is 13.2 Å². The van der Waals surface area contributed by atoms with Gasteiger partial charge in [0.05, 0.1) is 0 Å². The van der Waals surface area contributed by atoms with Gasteiger partial charge in [0.15, 0.2) is 0 Å². The van der Waals surface area contributed by atoms with Crippen LogP contribution in [0.4, 0.5) is 0 Å². The Morgan fingerprint density at radius 1 is 1.19 bits per heavy atom. The molecule has 3 nitrogen and oxygen atoms in total. The monoisotopic (exact) mass is 352 g/mol. The van der Waals surface area contributed by atoms with Crippen molar-refractivity contribution in [2.45, 2.75) is 57.3 Å². The van der Waals surface area contributed by atoms with Crippen molar-refractivity contribution < 1.29 is 5.11 Å². The molecule has 0 saturated carbocycles. The third kappa shape index (κ3) is 5.15. The molecule has 2 atom stereocenters. The van der Waals surface area contributed by atoms with E-state index in [1.165, 1.54) is 47.9 Å². The number of unbranched alkanes of at least 4 members (excludes halogenated alkanes) is 1. The largest absolute Gasteiger partial charge is 0.396 e. The van der Waals surface area contributed by atoms with Crippen molar-refractivity contribution in [3.63, 3.8) is 0 Å². The number of aryl methyl sites for hydroxylation is 2. The smallest absolute Gasteiger partial charge is 0.0431 e. The van der Waals surface area contributed by atoms with Gasteiger partial charge in [0.1, 0.15) is 0 Å². The Balaban J connectivity index is 1.58. The van der Waals surface area contributed by atoms with Crippen LogP contribution >= 0.6 is 0 Å². The quantitative estimate of drug-likeness (QED) is 0.670. The first-order chi connectivity index (χ1) is 12.8. The summed E-state index contributed by atoms with van der Waals surface area (Å²) in [6.07, 6.45) is 12.9. The first kappa shape index (κ1) is 19.1. The number of hydrogen-bond donors (Lipinski definition) is 2. The van der Waals surface area contributed by atoms with Gasteiger partial charge in [-0.1, -0.05) is 30.7 Å². The van der Waals surface area contributed by atoms with Crippen LogP contribution < -0.4 is 5.73 Å². The third-order valence-corrected chi connectivity index (χ3v) is 5.84. The summed E-state index contributed by atoms with van der Waals surface area (Å²) in [4.78, 5) is 4.22. The number of pyridine rings is 1. The fourth-order valence-electron chi connectivity index (χ4n) is 4.19. The minimum atomic E-state index is 0.280. The third-order valence-electron chi connectivity index (χ3n) is 5.84. The van der Waals surface area contributed by atoms with Crippen LogP contribution in [0, 0.1) is 5.92 Å². The lowest BCUT2D eigenvalue weighted by atomic mass is 9.79. The Bertz CT molecular complexity index is 671. The molecular weight excluding hydrogens is 320 g/mol. The average Bonchev–Trinajstić information content (AvgIpc) is 2.70. The highest BCUT2D eigenvalue weighted by molar-refractivity contribution is 5.36. The fourth-order valence-corrected chi connectivity index (χ4v) is 4.19. The van der Waals surface area contributed by atoms with E-state index in [-0.39, 0.29) is 6.61 Å². The van der Waals surface area contributed by atoms with Crippen molar-refractivity contribution in [2.24, 2.45) is 11.7 Å². The van der Waals surface area contributed by atoms with E-state index in [0.717, 1.165) is 31.6 Å². The van der Waals surface area contributed by atoms with Gasteiger partial charge in [-0.15, -0.1) is 0 Å². The molecule has 0 aliphatic heterocycles. The Morgan fingerprint density at radius 2 is 2.12 bits per heavy atom. The molecule has 1 aromatic heterocycles. The maximum absolute atomic E-state index is 8.99. The molecule has 0 fully saturated rings. The second-order valence-electron chi connectivity index (χ2n) is 7.69. The molecule has 0 saturated heterocycles. The first-order valence-electron chi connectivity index (χ1n) is 10.1. The van der Waals surface area contributed by atoms with E-state index < -0.39 is 0 Å². The summed E-state index contributed by atoms with van der Waals surface area (Å²) in [5.41, 5.74) is 11.8. The van der Waals surface area contributed by atoms with E-state index >= 15 is 0 Å². The van der Waals surface area contributed by atoms with E-state index in [1.807, 2.05) is 18.5 Å². The van der Waals surface area contributed by atoms with Crippen molar-refractivity contribution in [1.82, 2.24) is 4.98 Å². The molecule has 3 rings (SSSR count). The van der Waals surface area contributed by atoms with E-state index in [2.05, 4.69) is 29.2 Å². The number of benzene rings is 1. The summed E-state index contributed by atoms with van der Waals surface area (Å²) in [5, 5.41) is 8.99. The van der Waals surface area contributed by atoms with E-state index in [4.69, 9.17) is 10.8 Å². The molecule has 0 bridgehead atoms. The Labute approximate surface area is 157 Å². The molecule has 0 unspecified atom stereocenters. The van der Waals surface area contributed by atoms with Crippen molar-refractivity contribution in [3.8, 4) is 0 Å². The zero-order valence-corrected chi connectivity index (χ0v) is 15.7. The minimum Gasteiger partial charge on any atom is -0.396 e. The van der Waals surface area contributed by atoms with Crippen LogP contribution in [0.25, 0.3) is 0 Å². The summed E-state index contributed by atoms with van der Waals surface area (Å²) in [5.74, 6) is 1.21. The Hall–Kier alpha value is -1.71. The molecule has 0 radical (unpaired) electrons. The molecule has 3 N–H and O–H groups in total. The van der Waals surface area contributed by atoms with Crippen molar-refractivity contribution >= 4 is 0 Å². The zero-order valence-electron chi connectivity index (χ0n) is 15.7. The standard InChI is InChI=1S/C23H32N2O/c24-16-23(5-1-2-13-26)22-11-10-20-14-18(8-9-21(20)15-22)6-7-19-4-3-12-25-17-19/h3-4,10-12,15,17-18,23,26H,1-2,5-9,13-14,16,24H2/t18-,23-/m0/s1. The van der Waals surface area contributed by atoms with Crippen LogP contribution in [0.3, 0.4) is 0 Å². The zero-order chi connectivity index (χ0) is 18.2. The fraction of sp³-hybridized carbons (Fsp3) is 0.522. The summed E-state index contributed by atoms with van der Waals surface area (Å²) >= 11 is 0. The number of aliphatic hydroxyl groups is 1. The lowest BCUT2D eigenvalue weighted by Crippen LogP contribution is -2.17. The highest BCUT2D eigenvalue weighted by atomic mass is 16.2. The van der Waals surface area contributed by atoms with Crippen LogP contribution in [-0.2, 0) is 19.3 Å². The summed E-state index contributed by atoms with van der Waals surface area (Å²) in [7, 11) is 0. The predicted octanol–water partition coefficient (Wildman–Crippen LogP) is 4.02. The van der Waals surface area contributed by atoms with Gasteiger partial charge in [0.2, 0.25) is 0 Å². The van der Waals surface area contributed by atoms with Crippen molar-refractivity contribution in [3.05, 3.63) is 65.0 Å². The molecule has 1 aliphatic carbocycles. The van der Waals surface area contributed by atoms with Crippen LogP contribution in [0.1, 0.15) is 60.3 Å². The van der Waals surface area contributed by atoms with Gasteiger partial charge >= 0.3 is 0 Å². The molecule has 26 heavy (non-hydrogen) atoms. The van der Waals surface area contributed by atoms with Gasteiger partial charge in [-0.05, 0) is 91.6 Å². The maximum atomic E-state index is 8.99. The second-order valence-corrected chi connectivity index (χ2v) is 7.69. The highest BCUT2D eigenvalue weighted by Crippen LogP contribution is 2.31. The molecule has 3 heteroatoms. The van der Waals surface area contributed by atoms with Gasteiger partial charge in [-0.25, -0.2) is 0 Å². The summed E-state index contributed by atoms with van der Waals surface area (Å²) in [6, 6.07) is 11.2. The summed E-state index contributed by atoms with van der Waals surface area (Å²) < 4.78 is 0. The topological polar surface area (TPSA) is 59.1 Å². The maximum Gasteiger partial charge on any atom is 0.0431 e. The lowest BCUT2D eigenvalue weighted by molar-refractivity contribution is 0.281. The van der Waals surface area contributed by atoms with E-state index in [9.17, 15) is 0 Å². The summed E-state index contributed by atoms with van der Waals surface area (Å²) in [6.45, 7) is 0.972. The molecule has 1 aliphatic rings. The number of rotatable bonds is 9. The SMILES string of the molecule is NC[C@H](CCCCO)c1ccc2c(c1)CC[C@H](CCc1cccnc1)C2. The molecule has 0 amide bonds. The predicted molar refractivity (Wildman–Crippen MR) is 107 cm³/mol. The normalized spacial score (nSPS) is 17.7. The van der Waals surface area contributed by atoms with Gasteiger partial charge in [0.25, 0.3) is 0 Å². The Kier molecular flexibility index (Phi) is 7.22. The molecule has 0 spiro atoms.